The van der Waals surface area contributed by atoms with Gasteiger partial charge in [-0.3, -0.25) is 0 Å². The first-order valence-corrected chi connectivity index (χ1v) is 7.22. The molecule has 5 nitrogen and oxygen atoms in total. The lowest BCUT2D eigenvalue weighted by molar-refractivity contribution is 0.277. The van der Waals surface area contributed by atoms with Gasteiger partial charge in [0.25, 0.3) is 0 Å². The Balaban J connectivity index is 2.12. The number of aliphatic hydroxyl groups excluding tert-OH is 1. The quantitative estimate of drug-likeness (QED) is 0.794. The maximum Gasteiger partial charge on any atom is 0.227 e. The number of nitrogens with zero attached hydrogens (tertiary/aromatic N) is 2. The second-order valence-corrected chi connectivity index (χ2v) is 5.30. The van der Waals surface area contributed by atoms with E-state index in [9.17, 15) is 0 Å². The van der Waals surface area contributed by atoms with Crippen molar-refractivity contribution in [1.82, 2.24) is 9.97 Å². The third-order valence-electron chi connectivity index (χ3n) is 2.79. The van der Waals surface area contributed by atoms with Crippen LogP contribution >= 0.6 is 11.6 Å². The third kappa shape index (κ3) is 4.72. The molecule has 0 aliphatic rings. The van der Waals surface area contributed by atoms with Gasteiger partial charge >= 0.3 is 0 Å². The van der Waals surface area contributed by atoms with Crippen LogP contribution < -0.4 is 10.1 Å². The second kappa shape index (κ2) is 7.77. The van der Waals surface area contributed by atoms with E-state index in [1.807, 2.05) is 26.0 Å². The number of hydrogen-bond donors (Lipinski definition) is 2. The first-order valence-electron chi connectivity index (χ1n) is 6.84. The van der Waals surface area contributed by atoms with E-state index in [1.54, 1.807) is 24.4 Å². The number of halogens is 1. The van der Waals surface area contributed by atoms with Gasteiger partial charge in [0, 0.05) is 18.0 Å². The van der Waals surface area contributed by atoms with Crippen LogP contribution in [0.15, 0.2) is 42.1 Å². The Bertz CT molecular complexity index is 670. The highest BCUT2D eigenvalue weighted by Gasteiger charge is 2.05. The fourth-order valence-electron chi connectivity index (χ4n) is 1.66. The van der Waals surface area contributed by atoms with E-state index in [-0.39, 0.29) is 6.61 Å². The first-order chi connectivity index (χ1) is 10.6. The van der Waals surface area contributed by atoms with Crippen LogP contribution in [-0.4, -0.2) is 21.7 Å². The van der Waals surface area contributed by atoms with Crippen molar-refractivity contribution in [2.24, 2.45) is 0 Å². The highest BCUT2D eigenvalue weighted by atomic mass is 35.5. The lowest BCUT2D eigenvalue weighted by atomic mass is 10.3. The summed E-state index contributed by atoms with van der Waals surface area (Å²) in [6, 6.07) is 7.00. The third-order valence-corrected chi connectivity index (χ3v) is 3.11. The molecule has 0 fully saturated rings. The second-order valence-electron chi connectivity index (χ2n) is 4.89. The molecule has 6 heteroatoms. The summed E-state index contributed by atoms with van der Waals surface area (Å²) in [5.41, 5.74) is 2.48. The van der Waals surface area contributed by atoms with Gasteiger partial charge in [-0.2, -0.15) is 0 Å². The lowest BCUT2D eigenvalue weighted by Gasteiger charge is -2.10. The molecule has 1 aromatic carbocycles. The van der Waals surface area contributed by atoms with Crippen LogP contribution in [0.4, 0.5) is 11.6 Å². The van der Waals surface area contributed by atoms with Gasteiger partial charge in [0.15, 0.2) is 0 Å². The van der Waals surface area contributed by atoms with Crippen molar-refractivity contribution in [3.8, 4) is 5.75 Å². The molecular weight excluding hydrogens is 302 g/mol. The van der Waals surface area contributed by atoms with E-state index in [1.165, 1.54) is 5.57 Å². The molecule has 0 saturated carbocycles. The van der Waals surface area contributed by atoms with Crippen LogP contribution in [0.1, 0.15) is 19.5 Å². The summed E-state index contributed by atoms with van der Waals surface area (Å²) in [6.07, 6.45) is 3.56. The summed E-state index contributed by atoms with van der Waals surface area (Å²) in [5, 5.41) is 12.7. The van der Waals surface area contributed by atoms with Gasteiger partial charge in [0.05, 0.1) is 17.3 Å². The zero-order valence-corrected chi connectivity index (χ0v) is 13.3. The highest BCUT2D eigenvalue weighted by Crippen LogP contribution is 2.28. The van der Waals surface area contributed by atoms with Crippen molar-refractivity contribution in [1.29, 1.82) is 0 Å². The summed E-state index contributed by atoms with van der Waals surface area (Å²) in [4.78, 5) is 8.27. The van der Waals surface area contributed by atoms with Crippen LogP contribution in [0.25, 0.3) is 0 Å². The minimum Gasteiger partial charge on any atom is -0.488 e. The Kier molecular flexibility index (Phi) is 5.75. The normalized spacial score (nSPS) is 10.2. The largest absolute Gasteiger partial charge is 0.488 e. The predicted molar refractivity (Wildman–Crippen MR) is 87.6 cm³/mol. The number of aromatic nitrogens is 2. The Hall–Kier alpha value is -2.11. The highest BCUT2D eigenvalue weighted by molar-refractivity contribution is 6.32. The molecule has 0 spiro atoms. The summed E-state index contributed by atoms with van der Waals surface area (Å²) >= 11 is 6.12. The maximum atomic E-state index is 9.09. The molecule has 1 aromatic heterocycles. The molecular formula is C16H18ClN3O2. The molecule has 0 unspecified atom stereocenters. The fraction of sp³-hybridized carbons (Fsp3) is 0.250. The van der Waals surface area contributed by atoms with Gasteiger partial charge in [-0.15, -0.1) is 0 Å². The van der Waals surface area contributed by atoms with Crippen LogP contribution in [0.3, 0.4) is 0 Å². The number of benzene rings is 1. The van der Waals surface area contributed by atoms with Gasteiger partial charge in [0.2, 0.25) is 5.95 Å². The SMILES string of the molecule is CC(C)=CCOc1cc(Nc2nccc(CO)n2)ccc1Cl. The molecule has 0 amide bonds. The van der Waals surface area contributed by atoms with Crippen LogP contribution in [0.5, 0.6) is 5.75 Å². The molecule has 0 radical (unpaired) electrons. The van der Waals surface area contributed by atoms with Gasteiger partial charge in [0.1, 0.15) is 12.4 Å². The van der Waals surface area contributed by atoms with E-state index in [0.29, 0.717) is 29.0 Å². The van der Waals surface area contributed by atoms with Gasteiger partial charge in [-0.25, -0.2) is 9.97 Å². The van der Waals surface area contributed by atoms with Gasteiger partial charge < -0.3 is 15.2 Å². The summed E-state index contributed by atoms with van der Waals surface area (Å²) in [5.74, 6) is 0.992. The van der Waals surface area contributed by atoms with E-state index in [4.69, 9.17) is 21.4 Å². The standard InChI is InChI=1S/C16H18ClN3O2/c1-11(2)6-8-22-15-9-12(3-4-14(15)17)19-16-18-7-5-13(10-21)20-16/h3-7,9,21H,8,10H2,1-2H3,(H,18,19,20). The molecule has 1 heterocycles. The van der Waals surface area contributed by atoms with Gasteiger partial charge in [-0.1, -0.05) is 17.2 Å². The number of rotatable bonds is 6. The molecule has 0 aliphatic heterocycles. The topological polar surface area (TPSA) is 67.3 Å². The van der Waals surface area contributed by atoms with Crippen LogP contribution in [-0.2, 0) is 6.61 Å². The maximum absolute atomic E-state index is 9.09. The molecule has 2 rings (SSSR count). The molecule has 22 heavy (non-hydrogen) atoms. The van der Waals surface area contributed by atoms with Crippen molar-refractivity contribution in [3.05, 3.63) is 52.8 Å². The van der Waals surface area contributed by atoms with E-state index < -0.39 is 0 Å². The van der Waals surface area contributed by atoms with Crippen molar-refractivity contribution in [2.75, 3.05) is 11.9 Å². The van der Waals surface area contributed by atoms with Gasteiger partial charge in [-0.05, 0) is 38.1 Å². The van der Waals surface area contributed by atoms with E-state index in [0.717, 1.165) is 5.69 Å². The molecule has 0 aliphatic carbocycles. The number of aliphatic hydroxyl groups is 1. The molecule has 0 atom stereocenters. The molecule has 2 aromatic rings. The Labute approximate surface area is 134 Å². The number of hydrogen-bond acceptors (Lipinski definition) is 5. The van der Waals surface area contributed by atoms with Crippen LogP contribution in [0.2, 0.25) is 5.02 Å². The smallest absolute Gasteiger partial charge is 0.227 e. The average Bonchev–Trinajstić information content (AvgIpc) is 2.50. The first kappa shape index (κ1) is 16.3. The fourth-order valence-corrected chi connectivity index (χ4v) is 1.84. The number of anilines is 2. The van der Waals surface area contributed by atoms with Crippen molar-refractivity contribution >= 4 is 23.2 Å². The minimum absolute atomic E-state index is 0.130. The molecule has 116 valence electrons. The zero-order chi connectivity index (χ0) is 15.9. The number of nitrogens with one attached hydrogen (secondary N) is 1. The van der Waals surface area contributed by atoms with E-state index in [2.05, 4.69) is 15.3 Å². The Morgan fingerprint density at radius 3 is 2.91 bits per heavy atom. The number of allylic oxidation sites excluding steroid dienone is 1. The Morgan fingerprint density at radius 1 is 1.36 bits per heavy atom. The molecule has 2 N–H and O–H groups in total. The average molecular weight is 320 g/mol. The summed E-state index contributed by atoms with van der Waals surface area (Å²) < 4.78 is 5.64. The van der Waals surface area contributed by atoms with Crippen molar-refractivity contribution in [2.45, 2.75) is 20.5 Å². The van der Waals surface area contributed by atoms with E-state index >= 15 is 0 Å². The molecule has 0 saturated heterocycles. The summed E-state index contributed by atoms with van der Waals surface area (Å²) in [6.45, 7) is 4.35. The number of ether oxygens (including phenoxy) is 1. The molecule has 0 bridgehead atoms. The lowest BCUT2D eigenvalue weighted by Crippen LogP contribution is -2.01. The predicted octanol–water partition coefficient (Wildman–Crippen LogP) is 3.71. The van der Waals surface area contributed by atoms with Crippen LogP contribution in [0, 0.1) is 0 Å². The summed E-state index contributed by atoms with van der Waals surface area (Å²) in [7, 11) is 0. The minimum atomic E-state index is -0.130. The monoisotopic (exact) mass is 319 g/mol. The van der Waals surface area contributed by atoms with Crippen molar-refractivity contribution < 1.29 is 9.84 Å². The van der Waals surface area contributed by atoms with Crippen molar-refractivity contribution in [3.63, 3.8) is 0 Å². The Morgan fingerprint density at radius 2 is 2.18 bits per heavy atom. The zero-order valence-electron chi connectivity index (χ0n) is 12.5.